The van der Waals surface area contributed by atoms with E-state index in [2.05, 4.69) is 41.7 Å². The van der Waals surface area contributed by atoms with Crippen LogP contribution in [0.1, 0.15) is 32.6 Å². The SMILES string of the molecule is CC1CCCC(CNC(=O)Nc2ccccc2-n2cccn2)(N(C)C)C1. The van der Waals surface area contributed by atoms with Gasteiger partial charge in [-0.25, -0.2) is 9.48 Å². The van der Waals surface area contributed by atoms with E-state index in [4.69, 9.17) is 0 Å². The van der Waals surface area contributed by atoms with Crippen molar-refractivity contribution in [3.8, 4) is 5.69 Å². The van der Waals surface area contributed by atoms with Gasteiger partial charge in [0.15, 0.2) is 0 Å². The number of likely N-dealkylation sites (N-methyl/N-ethyl adjacent to an activating group) is 1. The minimum absolute atomic E-state index is 0.0382. The maximum Gasteiger partial charge on any atom is 0.319 e. The van der Waals surface area contributed by atoms with Crippen LogP contribution in [-0.4, -0.2) is 46.9 Å². The number of para-hydroxylation sites is 2. The Kier molecular flexibility index (Phi) is 5.61. The Hall–Kier alpha value is -2.34. The van der Waals surface area contributed by atoms with Gasteiger partial charge < -0.3 is 15.5 Å². The van der Waals surface area contributed by atoms with Crippen molar-refractivity contribution in [1.82, 2.24) is 20.0 Å². The van der Waals surface area contributed by atoms with Gasteiger partial charge in [-0.1, -0.05) is 31.9 Å². The van der Waals surface area contributed by atoms with E-state index in [1.54, 1.807) is 10.9 Å². The topological polar surface area (TPSA) is 62.2 Å². The lowest BCUT2D eigenvalue weighted by Crippen LogP contribution is -2.55. The molecule has 1 aromatic carbocycles. The second kappa shape index (κ2) is 7.91. The highest BCUT2D eigenvalue weighted by Gasteiger charge is 2.37. The zero-order chi connectivity index (χ0) is 18.6. The van der Waals surface area contributed by atoms with Gasteiger partial charge in [0.1, 0.15) is 0 Å². The molecule has 0 spiro atoms. The van der Waals surface area contributed by atoms with Crippen LogP contribution in [0.3, 0.4) is 0 Å². The lowest BCUT2D eigenvalue weighted by Gasteiger charge is -2.45. The van der Waals surface area contributed by atoms with Gasteiger partial charge in [-0.05, 0) is 51.1 Å². The molecule has 6 nitrogen and oxygen atoms in total. The average Bonchev–Trinajstić information content (AvgIpc) is 3.15. The molecule has 2 N–H and O–H groups in total. The van der Waals surface area contributed by atoms with Crippen LogP contribution < -0.4 is 10.6 Å². The molecule has 1 aliphatic carbocycles. The van der Waals surface area contributed by atoms with Crippen molar-refractivity contribution in [2.45, 2.75) is 38.1 Å². The molecule has 26 heavy (non-hydrogen) atoms. The number of hydrogen-bond acceptors (Lipinski definition) is 3. The zero-order valence-corrected chi connectivity index (χ0v) is 15.9. The first kappa shape index (κ1) is 18.5. The van der Waals surface area contributed by atoms with Crippen LogP contribution in [0.4, 0.5) is 10.5 Å². The van der Waals surface area contributed by atoms with Crippen molar-refractivity contribution in [2.24, 2.45) is 5.92 Å². The first-order valence-electron chi connectivity index (χ1n) is 9.31. The van der Waals surface area contributed by atoms with Crippen molar-refractivity contribution in [3.05, 3.63) is 42.7 Å². The number of urea groups is 1. The monoisotopic (exact) mass is 355 g/mol. The number of rotatable bonds is 5. The molecule has 0 radical (unpaired) electrons. The molecule has 2 atom stereocenters. The van der Waals surface area contributed by atoms with Crippen molar-refractivity contribution in [3.63, 3.8) is 0 Å². The van der Waals surface area contributed by atoms with E-state index in [-0.39, 0.29) is 11.6 Å². The largest absolute Gasteiger partial charge is 0.336 e. The molecule has 0 bridgehead atoms. The molecule has 2 amide bonds. The van der Waals surface area contributed by atoms with Crippen LogP contribution in [-0.2, 0) is 0 Å². The van der Waals surface area contributed by atoms with Gasteiger partial charge in [0.2, 0.25) is 0 Å². The van der Waals surface area contributed by atoms with Gasteiger partial charge in [0.05, 0.1) is 11.4 Å². The van der Waals surface area contributed by atoms with Gasteiger partial charge in [-0.3, -0.25) is 0 Å². The van der Waals surface area contributed by atoms with Crippen LogP contribution in [0.25, 0.3) is 5.69 Å². The molecule has 1 heterocycles. The number of amides is 2. The maximum absolute atomic E-state index is 12.6. The summed E-state index contributed by atoms with van der Waals surface area (Å²) in [7, 11) is 4.23. The van der Waals surface area contributed by atoms with E-state index >= 15 is 0 Å². The van der Waals surface area contributed by atoms with Gasteiger partial charge >= 0.3 is 6.03 Å². The molecule has 3 rings (SSSR count). The Morgan fingerprint density at radius 1 is 1.35 bits per heavy atom. The highest BCUT2D eigenvalue weighted by molar-refractivity contribution is 5.91. The van der Waals surface area contributed by atoms with E-state index in [1.807, 2.05) is 36.5 Å². The molecule has 2 aromatic rings. The first-order chi connectivity index (χ1) is 12.5. The van der Waals surface area contributed by atoms with E-state index in [1.165, 1.54) is 12.8 Å². The summed E-state index contributed by atoms with van der Waals surface area (Å²) in [5, 5.41) is 10.3. The molecule has 1 aliphatic rings. The predicted octanol–water partition coefficient (Wildman–Crippen LogP) is 3.50. The predicted molar refractivity (Wildman–Crippen MR) is 105 cm³/mol. The zero-order valence-electron chi connectivity index (χ0n) is 15.9. The lowest BCUT2D eigenvalue weighted by molar-refractivity contribution is 0.0779. The smallest absolute Gasteiger partial charge is 0.319 e. The standard InChI is InChI=1S/C20H29N5O/c1-16-8-6-11-20(14-16,24(2)3)15-21-19(26)23-17-9-4-5-10-18(17)25-13-7-12-22-25/h4-5,7,9-10,12-13,16H,6,8,11,14-15H2,1-3H3,(H2,21,23,26). The van der Waals surface area contributed by atoms with Crippen LogP contribution in [0.15, 0.2) is 42.7 Å². The molecule has 140 valence electrons. The number of hydrogen-bond donors (Lipinski definition) is 2. The molecular formula is C20H29N5O. The highest BCUT2D eigenvalue weighted by Crippen LogP contribution is 2.35. The molecule has 6 heteroatoms. The Labute approximate surface area is 155 Å². The molecule has 1 saturated carbocycles. The Morgan fingerprint density at radius 2 is 2.15 bits per heavy atom. The molecule has 0 saturated heterocycles. The summed E-state index contributed by atoms with van der Waals surface area (Å²) in [6.07, 6.45) is 8.31. The molecule has 2 unspecified atom stereocenters. The third-order valence-corrected chi connectivity index (χ3v) is 5.50. The van der Waals surface area contributed by atoms with E-state index < -0.39 is 0 Å². The molecule has 1 aromatic heterocycles. The van der Waals surface area contributed by atoms with Crippen LogP contribution in [0.2, 0.25) is 0 Å². The average molecular weight is 355 g/mol. The summed E-state index contributed by atoms with van der Waals surface area (Å²) in [4.78, 5) is 14.8. The third kappa shape index (κ3) is 4.07. The number of benzene rings is 1. The van der Waals surface area contributed by atoms with E-state index in [9.17, 15) is 4.79 Å². The van der Waals surface area contributed by atoms with Crippen LogP contribution in [0, 0.1) is 5.92 Å². The minimum atomic E-state index is -0.177. The first-order valence-corrected chi connectivity index (χ1v) is 9.31. The Balaban J connectivity index is 1.66. The fourth-order valence-corrected chi connectivity index (χ4v) is 3.96. The molecule has 1 fully saturated rings. The maximum atomic E-state index is 12.6. The van der Waals surface area contributed by atoms with Crippen LogP contribution in [0.5, 0.6) is 0 Å². The van der Waals surface area contributed by atoms with E-state index in [0.29, 0.717) is 12.5 Å². The van der Waals surface area contributed by atoms with Gasteiger partial charge in [-0.2, -0.15) is 5.10 Å². The summed E-state index contributed by atoms with van der Waals surface area (Å²) in [5.41, 5.74) is 1.63. The number of aromatic nitrogens is 2. The lowest BCUT2D eigenvalue weighted by atomic mass is 9.75. The number of nitrogens with one attached hydrogen (secondary N) is 2. The second-order valence-electron chi connectivity index (χ2n) is 7.60. The summed E-state index contributed by atoms with van der Waals surface area (Å²) in [5.74, 6) is 0.691. The number of nitrogens with zero attached hydrogens (tertiary/aromatic N) is 3. The minimum Gasteiger partial charge on any atom is -0.336 e. The van der Waals surface area contributed by atoms with Gasteiger partial charge in [-0.15, -0.1) is 0 Å². The number of carbonyl (C=O) groups excluding carboxylic acids is 1. The van der Waals surface area contributed by atoms with Crippen molar-refractivity contribution in [2.75, 3.05) is 26.0 Å². The quantitative estimate of drug-likeness (QED) is 0.863. The fraction of sp³-hybridized carbons (Fsp3) is 0.500. The Morgan fingerprint density at radius 3 is 2.85 bits per heavy atom. The Bertz CT molecular complexity index is 728. The highest BCUT2D eigenvalue weighted by atomic mass is 16.2. The number of anilines is 1. The third-order valence-electron chi connectivity index (χ3n) is 5.50. The number of carbonyl (C=O) groups is 1. The molecular weight excluding hydrogens is 326 g/mol. The summed E-state index contributed by atoms with van der Waals surface area (Å²) in [6.45, 7) is 2.96. The van der Waals surface area contributed by atoms with Crippen LogP contribution >= 0.6 is 0 Å². The van der Waals surface area contributed by atoms with Crippen molar-refractivity contribution < 1.29 is 4.79 Å². The second-order valence-corrected chi connectivity index (χ2v) is 7.60. The van der Waals surface area contributed by atoms with Crippen molar-refractivity contribution >= 4 is 11.7 Å². The van der Waals surface area contributed by atoms with E-state index in [0.717, 1.165) is 24.2 Å². The fourth-order valence-electron chi connectivity index (χ4n) is 3.96. The summed E-state index contributed by atoms with van der Waals surface area (Å²) < 4.78 is 1.75. The van der Waals surface area contributed by atoms with Gasteiger partial charge in [0, 0.05) is 24.5 Å². The van der Waals surface area contributed by atoms with Gasteiger partial charge in [0.25, 0.3) is 0 Å². The normalized spacial score (nSPS) is 23.0. The summed E-state index contributed by atoms with van der Waals surface area (Å²) >= 11 is 0. The molecule has 0 aliphatic heterocycles. The summed E-state index contributed by atoms with van der Waals surface area (Å²) in [6, 6.07) is 9.36. The van der Waals surface area contributed by atoms with Crippen molar-refractivity contribution in [1.29, 1.82) is 0 Å².